The zero-order valence-electron chi connectivity index (χ0n) is 14.5. The van der Waals surface area contributed by atoms with Crippen molar-refractivity contribution in [1.82, 2.24) is 19.7 Å². The molecule has 0 spiro atoms. The third-order valence-electron chi connectivity index (χ3n) is 4.76. The molecule has 3 aromatic rings. The summed E-state index contributed by atoms with van der Waals surface area (Å²) in [5.41, 5.74) is 4.47. The van der Waals surface area contributed by atoms with Gasteiger partial charge in [0.1, 0.15) is 5.82 Å². The second-order valence-electron chi connectivity index (χ2n) is 6.48. The van der Waals surface area contributed by atoms with Crippen molar-refractivity contribution in [2.24, 2.45) is 7.05 Å². The number of amides is 1. The Kier molecular flexibility index (Phi) is 4.24. The van der Waals surface area contributed by atoms with Gasteiger partial charge in [0.15, 0.2) is 0 Å². The molecule has 2 aromatic heterocycles. The van der Waals surface area contributed by atoms with Gasteiger partial charge in [0.2, 0.25) is 0 Å². The van der Waals surface area contributed by atoms with E-state index in [9.17, 15) is 9.18 Å². The first-order valence-corrected chi connectivity index (χ1v) is 8.63. The third-order valence-corrected chi connectivity index (χ3v) is 4.76. The average Bonchev–Trinajstić information content (AvgIpc) is 2.83. The summed E-state index contributed by atoms with van der Waals surface area (Å²) in [4.78, 5) is 18.8. The number of carbonyl (C=O) groups is 1. The standard InChI is InChI=1S/C20H19FN4O/c1-24-18-13-25(20(26)14-5-2-7-16(21)11-14)10-4-8-17(18)19(23-24)15-6-3-9-22-12-15/h2-3,5-7,9,11-12H,4,8,10,13H2,1H3. The number of carbonyl (C=O) groups excluding carboxylic acids is 1. The summed E-state index contributed by atoms with van der Waals surface area (Å²) in [6.45, 7) is 1.10. The lowest BCUT2D eigenvalue weighted by molar-refractivity contribution is 0.0742. The van der Waals surface area contributed by atoms with Crippen LogP contribution in [0.2, 0.25) is 0 Å². The monoisotopic (exact) mass is 350 g/mol. The van der Waals surface area contributed by atoms with Gasteiger partial charge in [-0.3, -0.25) is 14.5 Å². The number of rotatable bonds is 2. The topological polar surface area (TPSA) is 51.0 Å². The predicted octanol–water partition coefficient (Wildman–Crippen LogP) is 3.21. The van der Waals surface area contributed by atoms with Crippen LogP contribution in [0.5, 0.6) is 0 Å². The van der Waals surface area contributed by atoms with Crippen LogP contribution in [0.3, 0.4) is 0 Å². The molecular weight excluding hydrogens is 331 g/mol. The van der Waals surface area contributed by atoms with Gasteiger partial charge >= 0.3 is 0 Å². The minimum Gasteiger partial charge on any atom is -0.333 e. The fourth-order valence-corrected chi connectivity index (χ4v) is 3.48. The molecule has 1 amide bonds. The van der Waals surface area contributed by atoms with Crippen LogP contribution in [0.1, 0.15) is 28.0 Å². The number of nitrogens with zero attached hydrogens (tertiary/aromatic N) is 4. The summed E-state index contributed by atoms with van der Waals surface area (Å²) in [7, 11) is 1.90. The number of hydrogen-bond donors (Lipinski definition) is 0. The molecule has 1 aliphatic heterocycles. The fraction of sp³-hybridized carbons (Fsp3) is 0.250. The van der Waals surface area contributed by atoms with E-state index in [1.165, 1.54) is 12.1 Å². The van der Waals surface area contributed by atoms with Crippen molar-refractivity contribution in [2.75, 3.05) is 6.54 Å². The van der Waals surface area contributed by atoms with Gasteiger partial charge in [0.05, 0.1) is 17.9 Å². The van der Waals surface area contributed by atoms with Crippen molar-refractivity contribution in [3.05, 3.63) is 71.4 Å². The molecule has 0 atom stereocenters. The zero-order valence-corrected chi connectivity index (χ0v) is 14.5. The van der Waals surface area contributed by atoms with E-state index in [2.05, 4.69) is 10.1 Å². The zero-order chi connectivity index (χ0) is 18.1. The van der Waals surface area contributed by atoms with Crippen LogP contribution in [-0.2, 0) is 20.0 Å². The molecule has 0 fully saturated rings. The van der Waals surface area contributed by atoms with Gasteiger partial charge in [-0.15, -0.1) is 0 Å². The normalized spacial score (nSPS) is 14.0. The van der Waals surface area contributed by atoms with Crippen LogP contribution in [-0.4, -0.2) is 32.1 Å². The molecule has 0 saturated heterocycles. The molecule has 1 aliphatic rings. The Hall–Kier alpha value is -3.02. The largest absolute Gasteiger partial charge is 0.333 e. The molecule has 5 nitrogen and oxygen atoms in total. The van der Waals surface area contributed by atoms with E-state index in [1.54, 1.807) is 23.2 Å². The maximum Gasteiger partial charge on any atom is 0.254 e. The van der Waals surface area contributed by atoms with Crippen LogP contribution in [0.25, 0.3) is 11.3 Å². The predicted molar refractivity (Wildman–Crippen MR) is 95.9 cm³/mol. The molecule has 0 aliphatic carbocycles. The van der Waals surface area contributed by atoms with Crippen molar-refractivity contribution < 1.29 is 9.18 Å². The summed E-state index contributed by atoms with van der Waals surface area (Å²) < 4.78 is 15.3. The molecule has 0 radical (unpaired) electrons. The average molecular weight is 350 g/mol. The number of pyridine rings is 1. The molecule has 4 rings (SSSR count). The number of fused-ring (bicyclic) bond motifs is 1. The van der Waals surface area contributed by atoms with E-state index < -0.39 is 5.82 Å². The van der Waals surface area contributed by atoms with Crippen LogP contribution in [0, 0.1) is 5.82 Å². The molecule has 6 heteroatoms. The molecule has 0 bridgehead atoms. The fourth-order valence-electron chi connectivity index (χ4n) is 3.48. The smallest absolute Gasteiger partial charge is 0.254 e. The maximum absolute atomic E-state index is 13.5. The van der Waals surface area contributed by atoms with Gasteiger partial charge < -0.3 is 4.90 Å². The van der Waals surface area contributed by atoms with Gasteiger partial charge in [0, 0.05) is 42.7 Å². The highest BCUT2D eigenvalue weighted by Crippen LogP contribution is 2.29. The lowest BCUT2D eigenvalue weighted by Crippen LogP contribution is -2.31. The number of halogens is 1. The lowest BCUT2D eigenvalue weighted by atomic mass is 10.0. The molecule has 0 unspecified atom stereocenters. The Morgan fingerprint density at radius 2 is 2.12 bits per heavy atom. The van der Waals surface area contributed by atoms with E-state index in [0.717, 1.165) is 35.4 Å². The molecule has 0 N–H and O–H groups in total. The number of aryl methyl sites for hydroxylation is 1. The molecule has 132 valence electrons. The summed E-state index contributed by atoms with van der Waals surface area (Å²) in [5, 5.41) is 4.66. The number of hydrogen-bond acceptors (Lipinski definition) is 3. The van der Waals surface area contributed by atoms with Crippen LogP contribution >= 0.6 is 0 Å². The van der Waals surface area contributed by atoms with E-state index in [-0.39, 0.29) is 5.91 Å². The number of benzene rings is 1. The lowest BCUT2D eigenvalue weighted by Gasteiger charge is -2.21. The third kappa shape index (κ3) is 2.98. The van der Waals surface area contributed by atoms with E-state index in [1.807, 2.05) is 30.1 Å². The van der Waals surface area contributed by atoms with Crippen LogP contribution in [0.15, 0.2) is 48.8 Å². The van der Waals surface area contributed by atoms with Gasteiger partial charge in [-0.1, -0.05) is 6.07 Å². The van der Waals surface area contributed by atoms with Crippen LogP contribution in [0.4, 0.5) is 4.39 Å². The van der Waals surface area contributed by atoms with Crippen LogP contribution < -0.4 is 0 Å². The molecule has 26 heavy (non-hydrogen) atoms. The van der Waals surface area contributed by atoms with E-state index >= 15 is 0 Å². The molecule has 0 saturated carbocycles. The number of aromatic nitrogens is 3. The second kappa shape index (κ2) is 6.71. The summed E-state index contributed by atoms with van der Waals surface area (Å²) >= 11 is 0. The minimum atomic E-state index is -0.397. The van der Waals surface area contributed by atoms with Crippen molar-refractivity contribution >= 4 is 5.91 Å². The maximum atomic E-state index is 13.5. The first-order chi connectivity index (χ1) is 12.6. The van der Waals surface area contributed by atoms with E-state index in [0.29, 0.717) is 18.7 Å². The van der Waals surface area contributed by atoms with Crippen molar-refractivity contribution in [3.8, 4) is 11.3 Å². The summed E-state index contributed by atoms with van der Waals surface area (Å²) in [6, 6.07) is 9.75. The first-order valence-electron chi connectivity index (χ1n) is 8.63. The van der Waals surface area contributed by atoms with Gasteiger partial charge in [0.25, 0.3) is 5.91 Å². The molecule has 3 heterocycles. The summed E-state index contributed by atoms with van der Waals surface area (Å²) in [6.07, 6.45) is 5.24. The Morgan fingerprint density at radius 3 is 2.88 bits per heavy atom. The Labute approximate surface area is 151 Å². The van der Waals surface area contributed by atoms with Gasteiger partial charge in [-0.05, 0) is 43.2 Å². The SMILES string of the molecule is Cn1nc(-c2cccnc2)c2c1CN(C(=O)c1cccc(F)c1)CCC2. The molecule has 1 aromatic carbocycles. The Bertz CT molecular complexity index is 952. The molecular formula is C20H19FN4O. The first kappa shape index (κ1) is 16.4. The minimum absolute atomic E-state index is 0.151. The highest BCUT2D eigenvalue weighted by atomic mass is 19.1. The Balaban J connectivity index is 1.67. The highest BCUT2D eigenvalue weighted by Gasteiger charge is 2.26. The van der Waals surface area contributed by atoms with Crippen molar-refractivity contribution in [3.63, 3.8) is 0 Å². The van der Waals surface area contributed by atoms with E-state index in [4.69, 9.17) is 0 Å². The Morgan fingerprint density at radius 1 is 1.23 bits per heavy atom. The van der Waals surface area contributed by atoms with Crippen molar-refractivity contribution in [2.45, 2.75) is 19.4 Å². The van der Waals surface area contributed by atoms with Gasteiger partial charge in [-0.25, -0.2) is 4.39 Å². The summed E-state index contributed by atoms with van der Waals surface area (Å²) in [5.74, 6) is -0.549. The quantitative estimate of drug-likeness (QED) is 0.713. The van der Waals surface area contributed by atoms with Crippen molar-refractivity contribution in [1.29, 1.82) is 0 Å². The van der Waals surface area contributed by atoms with Gasteiger partial charge in [-0.2, -0.15) is 5.10 Å². The highest BCUT2D eigenvalue weighted by molar-refractivity contribution is 5.94. The second-order valence-corrected chi connectivity index (χ2v) is 6.48.